The first-order valence-electron chi connectivity index (χ1n) is 19.7. The van der Waals surface area contributed by atoms with Crippen molar-refractivity contribution in [2.24, 2.45) is 0 Å². The van der Waals surface area contributed by atoms with E-state index in [1.807, 2.05) is 23.5 Å². The van der Waals surface area contributed by atoms with Crippen molar-refractivity contribution < 1.29 is 8.83 Å². The third-order valence-corrected chi connectivity index (χ3v) is 13.2. The van der Waals surface area contributed by atoms with E-state index in [4.69, 9.17) is 8.83 Å². The third kappa shape index (κ3) is 4.55. The third-order valence-electron chi connectivity index (χ3n) is 12.0. The Morgan fingerprint density at radius 3 is 1.90 bits per heavy atom. The van der Waals surface area contributed by atoms with Gasteiger partial charge in [-0.05, 0) is 98.7 Å². The normalized spacial score (nSPS) is 12.1. The zero-order valence-corrected chi connectivity index (χ0v) is 31.9. The van der Waals surface area contributed by atoms with Crippen LogP contribution in [0, 0.1) is 0 Å². The van der Waals surface area contributed by atoms with Gasteiger partial charge in [-0.15, -0.1) is 11.3 Å². The lowest BCUT2D eigenvalue weighted by Gasteiger charge is -2.27. The number of rotatable bonds is 4. The van der Waals surface area contributed by atoms with Crippen LogP contribution in [0.25, 0.3) is 107 Å². The molecule has 3 heterocycles. The highest BCUT2D eigenvalue weighted by atomic mass is 32.1. The molecule has 58 heavy (non-hydrogen) atoms. The van der Waals surface area contributed by atoms with E-state index in [-0.39, 0.29) is 0 Å². The van der Waals surface area contributed by atoms with Crippen molar-refractivity contribution in [3.05, 3.63) is 188 Å². The van der Waals surface area contributed by atoms with Crippen LogP contribution in [0.3, 0.4) is 0 Å². The minimum absolute atomic E-state index is 0.871. The largest absolute Gasteiger partial charge is 0.456 e. The van der Waals surface area contributed by atoms with Crippen molar-refractivity contribution in [3.63, 3.8) is 0 Å². The van der Waals surface area contributed by atoms with Crippen LogP contribution in [-0.2, 0) is 0 Å². The standard InChI is InChI=1S/C54H31NO2S/c1-2-10-38-32(9-1)19-20-35-31-37(27-28-39(35)38)55(44-15-7-14-42-41-11-4-6-18-49(41)58-54(42)44)36-25-21-33(22-26-36)40-13-8-17-46-51(40)53-48(57-46)30-24-34-23-29-47-52(50(34)53)43-12-3-5-16-45(43)56-47/h1-31H. The molecule has 4 heteroatoms. The Bertz CT molecular complexity index is 3810. The van der Waals surface area contributed by atoms with E-state index in [2.05, 4.69) is 181 Å². The molecular weight excluding hydrogens is 727 g/mol. The van der Waals surface area contributed by atoms with E-state index in [1.165, 1.54) is 41.7 Å². The minimum Gasteiger partial charge on any atom is -0.456 e. The number of hydrogen-bond acceptors (Lipinski definition) is 4. The first-order valence-corrected chi connectivity index (χ1v) is 20.5. The molecule has 0 saturated heterocycles. The summed E-state index contributed by atoms with van der Waals surface area (Å²) in [7, 11) is 0. The highest BCUT2D eigenvalue weighted by Gasteiger charge is 2.22. The molecule has 0 amide bonds. The highest BCUT2D eigenvalue weighted by molar-refractivity contribution is 7.26. The Balaban J connectivity index is 1.03. The molecule has 0 aliphatic heterocycles. The van der Waals surface area contributed by atoms with Gasteiger partial charge in [-0.2, -0.15) is 0 Å². The summed E-state index contributed by atoms with van der Waals surface area (Å²) in [6.45, 7) is 0. The van der Waals surface area contributed by atoms with Gasteiger partial charge >= 0.3 is 0 Å². The van der Waals surface area contributed by atoms with E-state index < -0.39 is 0 Å². The Labute approximate surface area is 336 Å². The lowest BCUT2D eigenvalue weighted by molar-refractivity contribution is 0.669. The SMILES string of the molecule is c1ccc2c(c1)ccc1cc(N(c3ccc(-c4cccc5oc6ccc7ccc8oc9ccccc9c8c7c6c45)cc3)c3cccc4c3sc3ccccc34)ccc12. The molecule has 10 aromatic carbocycles. The van der Waals surface area contributed by atoms with Gasteiger partial charge in [0.15, 0.2) is 0 Å². The highest BCUT2D eigenvalue weighted by Crippen LogP contribution is 2.48. The van der Waals surface area contributed by atoms with Crippen LogP contribution in [0.2, 0.25) is 0 Å². The molecule has 0 saturated carbocycles. The number of nitrogens with zero attached hydrogens (tertiary/aromatic N) is 1. The van der Waals surface area contributed by atoms with E-state index in [1.54, 1.807) is 0 Å². The topological polar surface area (TPSA) is 29.5 Å². The molecule has 13 aromatic rings. The monoisotopic (exact) mass is 757 g/mol. The second-order valence-corrected chi connectivity index (χ2v) is 16.2. The van der Waals surface area contributed by atoms with Gasteiger partial charge in [-0.3, -0.25) is 0 Å². The van der Waals surface area contributed by atoms with Crippen molar-refractivity contribution in [1.29, 1.82) is 0 Å². The molecule has 0 unspecified atom stereocenters. The number of hydrogen-bond donors (Lipinski definition) is 0. The number of furan rings is 2. The van der Waals surface area contributed by atoms with Gasteiger partial charge in [0, 0.05) is 53.8 Å². The van der Waals surface area contributed by atoms with Crippen LogP contribution in [0.5, 0.6) is 0 Å². The maximum Gasteiger partial charge on any atom is 0.136 e. The molecule has 0 spiro atoms. The number of benzene rings is 10. The van der Waals surface area contributed by atoms with Crippen molar-refractivity contribution in [2.75, 3.05) is 4.90 Å². The molecule has 3 nitrogen and oxygen atoms in total. The molecule has 270 valence electrons. The fraction of sp³-hybridized carbons (Fsp3) is 0. The molecule has 0 fully saturated rings. The fourth-order valence-corrected chi connectivity index (χ4v) is 10.7. The summed E-state index contributed by atoms with van der Waals surface area (Å²) in [5.41, 5.74) is 9.15. The van der Waals surface area contributed by atoms with E-state index in [0.717, 1.165) is 82.8 Å². The lowest BCUT2D eigenvalue weighted by atomic mass is 9.94. The van der Waals surface area contributed by atoms with E-state index in [0.29, 0.717) is 0 Å². The van der Waals surface area contributed by atoms with Crippen molar-refractivity contribution in [2.45, 2.75) is 0 Å². The van der Waals surface area contributed by atoms with Gasteiger partial charge in [0.2, 0.25) is 0 Å². The summed E-state index contributed by atoms with van der Waals surface area (Å²) in [6, 6.07) is 67.8. The first-order chi connectivity index (χ1) is 28.7. The molecule has 3 aromatic heterocycles. The van der Waals surface area contributed by atoms with Gasteiger partial charge in [0.25, 0.3) is 0 Å². The average Bonchev–Trinajstić information content (AvgIpc) is 3.98. The van der Waals surface area contributed by atoms with Gasteiger partial charge in [0.1, 0.15) is 22.3 Å². The summed E-state index contributed by atoms with van der Waals surface area (Å²) in [4.78, 5) is 2.43. The van der Waals surface area contributed by atoms with Gasteiger partial charge in [-0.1, -0.05) is 127 Å². The van der Waals surface area contributed by atoms with Gasteiger partial charge in [0.05, 0.1) is 10.4 Å². The van der Waals surface area contributed by atoms with Crippen molar-refractivity contribution >= 4 is 125 Å². The Hall–Kier alpha value is -7.40. The molecule has 0 aliphatic rings. The van der Waals surface area contributed by atoms with E-state index in [9.17, 15) is 0 Å². The average molecular weight is 758 g/mol. The van der Waals surface area contributed by atoms with Crippen molar-refractivity contribution in [1.82, 2.24) is 0 Å². The molecule has 0 radical (unpaired) electrons. The van der Waals surface area contributed by atoms with Crippen LogP contribution < -0.4 is 4.90 Å². The number of anilines is 3. The zero-order chi connectivity index (χ0) is 37.9. The summed E-state index contributed by atoms with van der Waals surface area (Å²) in [6.07, 6.45) is 0. The first kappa shape index (κ1) is 31.8. The van der Waals surface area contributed by atoms with Crippen LogP contribution >= 0.6 is 11.3 Å². The maximum atomic E-state index is 6.63. The van der Waals surface area contributed by atoms with Crippen molar-refractivity contribution in [3.8, 4) is 11.1 Å². The Morgan fingerprint density at radius 2 is 1.00 bits per heavy atom. The van der Waals surface area contributed by atoms with Crippen LogP contribution in [0.1, 0.15) is 0 Å². The van der Waals surface area contributed by atoms with E-state index >= 15 is 0 Å². The van der Waals surface area contributed by atoms with Crippen LogP contribution in [-0.4, -0.2) is 0 Å². The predicted octanol–water partition coefficient (Wildman–Crippen LogP) is 16.4. The van der Waals surface area contributed by atoms with Gasteiger partial charge < -0.3 is 13.7 Å². The summed E-state index contributed by atoms with van der Waals surface area (Å²) in [5, 5.41) is 14.3. The maximum absolute atomic E-state index is 6.63. The molecule has 0 atom stereocenters. The van der Waals surface area contributed by atoms with Gasteiger partial charge in [-0.25, -0.2) is 0 Å². The zero-order valence-electron chi connectivity index (χ0n) is 31.1. The van der Waals surface area contributed by atoms with Crippen LogP contribution in [0.4, 0.5) is 17.1 Å². The Morgan fingerprint density at radius 1 is 0.362 bits per heavy atom. The summed E-state index contributed by atoms with van der Waals surface area (Å²) >= 11 is 1.86. The summed E-state index contributed by atoms with van der Waals surface area (Å²) < 4.78 is 15.6. The molecule has 0 N–H and O–H groups in total. The quantitative estimate of drug-likeness (QED) is 0.167. The lowest BCUT2D eigenvalue weighted by Crippen LogP contribution is -2.10. The molecule has 0 bridgehead atoms. The molecule has 13 rings (SSSR count). The number of para-hydroxylation sites is 1. The fourth-order valence-electron chi connectivity index (χ4n) is 9.44. The minimum atomic E-state index is 0.871. The summed E-state index contributed by atoms with van der Waals surface area (Å²) in [5.74, 6) is 0. The number of fused-ring (bicyclic) bond motifs is 15. The predicted molar refractivity (Wildman–Crippen MR) is 247 cm³/mol. The molecule has 0 aliphatic carbocycles. The molecular formula is C54H31NO2S. The van der Waals surface area contributed by atoms with Crippen LogP contribution in [0.15, 0.2) is 197 Å². The second-order valence-electron chi connectivity index (χ2n) is 15.2. The Kier molecular flexibility index (Phi) is 6.60. The second kappa shape index (κ2) is 12.1. The smallest absolute Gasteiger partial charge is 0.136 e. The number of thiophene rings is 1.